The summed E-state index contributed by atoms with van der Waals surface area (Å²) in [5, 5.41) is 3.19. The first-order valence-electron chi connectivity index (χ1n) is 9.25. The maximum atomic E-state index is 14.3. The number of hydrogen-bond acceptors (Lipinski definition) is 3. The largest absolute Gasteiger partial charge is 0.322 e. The van der Waals surface area contributed by atoms with Crippen LogP contribution in [0.3, 0.4) is 0 Å². The van der Waals surface area contributed by atoms with Crippen molar-refractivity contribution in [2.24, 2.45) is 5.92 Å². The highest BCUT2D eigenvalue weighted by Gasteiger charge is 2.29. The maximum absolute atomic E-state index is 14.3. The van der Waals surface area contributed by atoms with Gasteiger partial charge in [-0.3, -0.25) is 4.79 Å². The zero-order chi connectivity index (χ0) is 21.2. The minimum Gasteiger partial charge on any atom is -0.322 e. The monoisotopic (exact) mass is 458 g/mol. The highest BCUT2D eigenvalue weighted by Crippen LogP contribution is 2.27. The van der Waals surface area contributed by atoms with Crippen LogP contribution < -0.4 is 10.0 Å². The fourth-order valence-corrected chi connectivity index (χ4v) is 5.16. The van der Waals surface area contributed by atoms with Crippen LogP contribution in [-0.2, 0) is 10.0 Å². The van der Waals surface area contributed by atoms with Gasteiger partial charge in [-0.05, 0) is 55.2 Å². The molecule has 1 aliphatic carbocycles. The summed E-state index contributed by atoms with van der Waals surface area (Å²) < 4.78 is 42.5. The quantitative estimate of drug-likeness (QED) is 0.642. The molecule has 0 heterocycles. The van der Waals surface area contributed by atoms with Crippen LogP contribution in [0, 0.1) is 11.7 Å². The van der Waals surface area contributed by atoms with Gasteiger partial charge in [0.15, 0.2) is 0 Å². The van der Waals surface area contributed by atoms with E-state index in [-0.39, 0.29) is 22.5 Å². The Balaban J connectivity index is 1.83. The lowest BCUT2D eigenvalue weighted by atomic mass is 9.87. The molecule has 9 heteroatoms. The third-order valence-electron chi connectivity index (χ3n) is 5.08. The number of rotatable bonds is 5. The molecule has 0 unspecified atom stereocenters. The number of carbonyl (C=O) groups excluding carboxylic acids is 1. The SMILES string of the molecule is C[C@H]1CCCC[C@@H]1NS(=O)(=O)c1cc(C(=O)Nc2ccc(Cl)c(Cl)c2)ccc1F. The Morgan fingerprint density at radius 2 is 1.79 bits per heavy atom. The van der Waals surface area contributed by atoms with Crippen LogP contribution in [0.2, 0.25) is 10.0 Å². The van der Waals surface area contributed by atoms with Crippen LogP contribution in [-0.4, -0.2) is 20.4 Å². The van der Waals surface area contributed by atoms with Crippen LogP contribution in [0.4, 0.5) is 10.1 Å². The zero-order valence-electron chi connectivity index (χ0n) is 15.7. The molecule has 1 saturated carbocycles. The Morgan fingerprint density at radius 3 is 2.48 bits per heavy atom. The molecule has 2 atom stereocenters. The lowest BCUT2D eigenvalue weighted by Crippen LogP contribution is -2.41. The minimum atomic E-state index is -4.11. The summed E-state index contributed by atoms with van der Waals surface area (Å²) in [6.07, 6.45) is 3.60. The molecule has 0 bridgehead atoms. The van der Waals surface area contributed by atoms with Crippen LogP contribution in [0.5, 0.6) is 0 Å². The Kier molecular flexibility index (Phi) is 6.83. The van der Waals surface area contributed by atoms with Gasteiger partial charge < -0.3 is 5.32 Å². The molecule has 156 valence electrons. The van der Waals surface area contributed by atoms with Gasteiger partial charge in [0.25, 0.3) is 5.91 Å². The molecule has 2 aromatic rings. The minimum absolute atomic E-state index is 0.00883. The Labute approximate surface area is 179 Å². The third-order valence-corrected chi connectivity index (χ3v) is 7.32. The molecule has 3 rings (SSSR count). The van der Waals surface area contributed by atoms with Gasteiger partial charge in [-0.25, -0.2) is 17.5 Å². The number of amides is 1. The molecule has 2 aromatic carbocycles. The topological polar surface area (TPSA) is 75.3 Å². The third kappa shape index (κ3) is 5.28. The van der Waals surface area contributed by atoms with E-state index in [4.69, 9.17) is 23.2 Å². The van der Waals surface area contributed by atoms with Crippen LogP contribution in [0.1, 0.15) is 43.0 Å². The Morgan fingerprint density at radius 1 is 1.07 bits per heavy atom. The van der Waals surface area contributed by atoms with Crippen molar-refractivity contribution < 1.29 is 17.6 Å². The van der Waals surface area contributed by atoms with Crippen LogP contribution >= 0.6 is 23.2 Å². The van der Waals surface area contributed by atoms with E-state index in [0.29, 0.717) is 17.1 Å². The van der Waals surface area contributed by atoms with E-state index < -0.39 is 26.6 Å². The first kappa shape index (κ1) is 22.0. The second kappa shape index (κ2) is 9.00. The van der Waals surface area contributed by atoms with E-state index in [1.165, 1.54) is 18.2 Å². The van der Waals surface area contributed by atoms with Gasteiger partial charge in [0.2, 0.25) is 10.0 Å². The molecule has 0 radical (unpaired) electrons. The molecule has 0 aliphatic heterocycles. The predicted molar refractivity (Wildman–Crippen MR) is 113 cm³/mol. The molecule has 0 saturated heterocycles. The van der Waals surface area contributed by atoms with Crippen LogP contribution in [0.15, 0.2) is 41.3 Å². The van der Waals surface area contributed by atoms with Gasteiger partial charge in [0, 0.05) is 17.3 Å². The van der Waals surface area contributed by atoms with E-state index in [9.17, 15) is 17.6 Å². The standard InChI is InChI=1S/C20H21Cl2FN2O3S/c1-12-4-2-3-5-18(12)25-29(27,28)19-10-13(6-9-17(19)23)20(26)24-14-7-8-15(21)16(22)11-14/h6-12,18,25H,2-5H2,1H3,(H,24,26)/t12-,18-/m0/s1. The highest BCUT2D eigenvalue weighted by atomic mass is 35.5. The zero-order valence-corrected chi connectivity index (χ0v) is 18.0. The summed E-state index contributed by atoms with van der Waals surface area (Å²) in [6, 6.07) is 7.54. The summed E-state index contributed by atoms with van der Waals surface area (Å²) in [6.45, 7) is 1.98. The molecule has 0 aromatic heterocycles. The number of halogens is 3. The predicted octanol–water partition coefficient (Wildman–Crippen LogP) is 5.24. The Bertz CT molecular complexity index is 1030. The summed E-state index contributed by atoms with van der Waals surface area (Å²) in [7, 11) is -4.11. The smallest absolute Gasteiger partial charge is 0.255 e. The van der Waals surface area contributed by atoms with Crippen molar-refractivity contribution in [2.75, 3.05) is 5.32 Å². The summed E-state index contributed by atoms with van der Waals surface area (Å²) in [5.74, 6) is -1.33. The van der Waals surface area contributed by atoms with Crippen molar-refractivity contribution in [3.63, 3.8) is 0 Å². The molecule has 1 fully saturated rings. The molecular formula is C20H21Cl2FN2O3S. The summed E-state index contributed by atoms with van der Waals surface area (Å²) in [4.78, 5) is 12.0. The molecule has 1 aliphatic rings. The number of hydrogen-bond donors (Lipinski definition) is 2. The molecule has 5 nitrogen and oxygen atoms in total. The van der Waals surface area contributed by atoms with Crippen molar-refractivity contribution in [3.8, 4) is 0 Å². The maximum Gasteiger partial charge on any atom is 0.255 e. The second-order valence-corrected chi connectivity index (χ2v) is 9.71. The molecule has 0 spiro atoms. The van der Waals surface area contributed by atoms with Crippen molar-refractivity contribution >= 4 is 44.8 Å². The summed E-state index contributed by atoms with van der Waals surface area (Å²) in [5.41, 5.74) is 0.391. The highest BCUT2D eigenvalue weighted by molar-refractivity contribution is 7.89. The second-order valence-electron chi connectivity index (χ2n) is 7.22. The molecular weight excluding hydrogens is 438 g/mol. The van der Waals surface area contributed by atoms with Gasteiger partial charge in [-0.15, -0.1) is 0 Å². The Hall–Kier alpha value is -1.67. The number of sulfonamides is 1. The number of anilines is 1. The van der Waals surface area contributed by atoms with Crippen LogP contribution in [0.25, 0.3) is 0 Å². The van der Waals surface area contributed by atoms with E-state index in [1.54, 1.807) is 6.07 Å². The van der Waals surface area contributed by atoms with Crippen molar-refractivity contribution in [1.82, 2.24) is 4.72 Å². The van der Waals surface area contributed by atoms with Gasteiger partial charge in [-0.2, -0.15) is 0 Å². The van der Waals surface area contributed by atoms with Crippen molar-refractivity contribution in [2.45, 2.75) is 43.5 Å². The van der Waals surface area contributed by atoms with Gasteiger partial charge >= 0.3 is 0 Å². The lowest BCUT2D eigenvalue weighted by Gasteiger charge is -2.29. The normalized spacial score (nSPS) is 19.7. The van der Waals surface area contributed by atoms with Crippen molar-refractivity contribution in [1.29, 1.82) is 0 Å². The first-order chi connectivity index (χ1) is 13.7. The molecule has 2 N–H and O–H groups in total. The van der Waals surface area contributed by atoms with Gasteiger partial charge in [0.1, 0.15) is 10.7 Å². The molecule has 29 heavy (non-hydrogen) atoms. The van der Waals surface area contributed by atoms with E-state index in [0.717, 1.165) is 31.4 Å². The molecule has 1 amide bonds. The lowest BCUT2D eigenvalue weighted by molar-refractivity contribution is 0.102. The fourth-order valence-electron chi connectivity index (χ4n) is 3.38. The summed E-state index contributed by atoms with van der Waals surface area (Å²) >= 11 is 11.8. The average Bonchev–Trinajstić information content (AvgIpc) is 2.66. The van der Waals surface area contributed by atoms with E-state index in [2.05, 4.69) is 10.0 Å². The van der Waals surface area contributed by atoms with E-state index in [1.807, 2.05) is 6.92 Å². The van der Waals surface area contributed by atoms with E-state index >= 15 is 0 Å². The number of nitrogens with one attached hydrogen (secondary N) is 2. The van der Waals surface area contributed by atoms with Gasteiger partial charge in [0.05, 0.1) is 10.0 Å². The van der Waals surface area contributed by atoms with Gasteiger partial charge in [-0.1, -0.05) is 43.0 Å². The number of carbonyl (C=O) groups is 1. The number of benzene rings is 2. The fraction of sp³-hybridized carbons (Fsp3) is 0.350. The average molecular weight is 459 g/mol. The first-order valence-corrected chi connectivity index (χ1v) is 11.5. The van der Waals surface area contributed by atoms with Crippen molar-refractivity contribution in [3.05, 3.63) is 57.8 Å².